The third-order valence-corrected chi connectivity index (χ3v) is 1.37. The van der Waals surface area contributed by atoms with Crippen molar-refractivity contribution < 1.29 is 13.6 Å². The molecule has 4 nitrogen and oxygen atoms in total. The molecule has 0 rings (SSSR count). The van der Waals surface area contributed by atoms with Crippen LogP contribution in [-0.2, 0) is 24.8 Å². The Labute approximate surface area is 58.1 Å². The third-order valence-electron chi connectivity index (χ3n) is 0.504. The van der Waals surface area contributed by atoms with Gasteiger partial charge in [-0.15, -0.1) is 0 Å². The second kappa shape index (κ2) is 3.09. The summed E-state index contributed by atoms with van der Waals surface area (Å²) < 4.78 is 18.6. The molecule has 1 atom stereocenters. The third kappa shape index (κ3) is 7.80. The fourth-order valence-corrected chi connectivity index (χ4v) is 0.755. The van der Waals surface area contributed by atoms with Crippen LogP contribution in [0.15, 0.2) is 0 Å². The first-order valence-electron chi connectivity index (χ1n) is 2.11. The van der Waals surface area contributed by atoms with Gasteiger partial charge < -0.3 is 9.87 Å². The molecule has 0 aliphatic rings. The SMILES string of the molecule is CC(=O)NCS(=O)(O)=S. The lowest BCUT2D eigenvalue weighted by atomic mass is 10.7. The summed E-state index contributed by atoms with van der Waals surface area (Å²) in [5.74, 6) is -0.709. The van der Waals surface area contributed by atoms with Crippen LogP contribution in [0.4, 0.5) is 0 Å². The van der Waals surface area contributed by atoms with Gasteiger partial charge in [-0.2, -0.15) is 0 Å². The van der Waals surface area contributed by atoms with Crippen molar-refractivity contribution in [3.05, 3.63) is 0 Å². The molecular formula is C3H7NO3S2. The monoisotopic (exact) mass is 169 g/mol. The molecular weight excluding hydrogens is 162 g/mol. The average molecular weight is 169 g/mol. The van der Waals surface area contributed by atoms with Crippen molar-refractivity contribution >= 4 is 25.9 Å². The summed E-state index contributed by atoms with van der Waals surface area (Å²) in [6, 6.07) is 0. The van der Waals surface area contributed by atoms with Gasteiger partial charge in [0.25, 0.3) is 0 Å². The van der Waals surface area contributed by atoms with Crippen LogP contribution in [0.3, 0.4) is 0 Å². The normalized spacial score (nSPS) is 16.2. The Morgan fingerprint density at radius 3 is 2.44 bits per heavy atom. The van der Waals surface area contributed by atoms with E-state index in [1.165, 1.54) is 6.92 Å². The van der Waals surface area contributed by atoms with Gasteiger partial charge >= 0.3 is 0 Å². The highest BCUT2D eigenvalue weighted by atomic mass is 32.8. The first-order chi connectivity index (χ1) is 3.92. The van der Waals surface area contributed by atoms with Crippen LogP contribution in [0.25, 0.3) is 0 Å². The first-order valence-corrected chi connectivity index (χ1v) is 4.72. The fraction of sp³-hybridized carbons (Fsp3) is 0.667. The molecule has 0 spiro atoms. The standard InChI is InChI=1S/C3H7NO3S2/c1-3(5)4-2-9(6,7)8/h2H2,1H3,(H,4,5)(H,6,7,8). The van der Waals surface area contributed by atoms with Gasteiger partial charge in [0.15, 0.2) is 8.77 Å². The zero-order valence-electron chi connectivity index (χ0n) is 4.79. The Bertz CT molecular complexity index is 195. The minimum absolute atomic E-state index is 0.350. The van der Waals surface area contributed by atoms with E-state index in [1.807, 2.05) is 0 Å². The highest BCUT2D eigenvalue weighted by Crippen LogP contribution is 1.76. The maximum atomic E-state index is 10.2. The lowest BCUT2D eigenvalue weighted by Gasteiger charge is -1.97. The number of hydrogen-bond donors (Lipinski definition) is 2. The molecule has 0 aliphatic heterocycles. The number of amides is 1. The average Bonchev–Trinajstić information content (AvgIpc) is 1.59. The quantitative estimate of drug-likeness (QED) is 0.573. The predicted octanol–water partition coefficient (Wildman–Crippen LogP) is -0.701. The summed E-state index contributed by atoms with van der Waals surface area (Å²) in [5.41, 5.74) is 0. The van der Waals surface area contributed by atoms with E-state index >= 15 is 0 Å². The lowest BCUT2D eigenvalue weighted by Crippen LogP contribution is -2.26. The van der Waals surface area contributed by atoms with Crippen molar-refractivity contribution in [1.82, 2.24) is 5.32 Å². The molecule has 0 aromatic carbocycles. The van der Waals surface area contributed by atoms with Gasteiger partial charge in [0.05, 0.1) is 0 Å². The summed E-state index contributed by atoms with van der Waals surface area (Å²) in [6.45, 7) is 1.25. The topological polar surface area (TPSA) is 66.4 Å². The van der Waals surface area contributed by atoms with Gasteiger partial charge in [0, 0.05) is 18.1 Å². The predicted molar refractivity (Wildman–Crippen MR) is 36.8 cm³/mol. The second-order valence-corrected chi connectivity index (χ2v) is 4.47. The largest absolute Gasteiger partial charge is 0.342 e. The van der Waals surface area contributed by atoms with E-state index in [1.54, 1.807) is 0 Å². The molecule has 0 radical (unpaired) electrons. The van der Waals surface area contributed by atoms with E-state index in [-0.39, 0.29) is 11.8 Å². The lowest BCUT2D eigenvalue weighted by molar-refractivity contribution is -0.118. The number of nitrogens with one attached hydrogen (secondary N) is 1. The van der Waals surface area contributed by atoms with Gasteiger partial charge in [0.1, 0.15) is 5.88 Å². The Morgan fingerprint density at radius 1 is 1.89 bits per heavy atom. The zero-order valence-corrected chi connectivity index (χ0v) is 6.42. The molecule has 0 heterocycles. The van der Waals surface area contributed by atoms with E-state index in [0.717, 1.165) is 0 Å². The summed E-state index contributed by atoms with van der Waals surface area (Å²) >= 11 is 4.07. The number of carbonyl (C=O) groups is 1. The summed E-state index contributed by atoms with van der Waals surface area (Å²) in [4.78, 5) is 10.1. The Hall–Kier alpha value is -0.200. The van der Waals surface area contributed by atoms with Crippen molar-refractivity contribution in [2.75, 3.05) is 5.88 Å². The molecule has 1 amide bonds. The van der Waals surface area contributed by atoms with E-state index in [4.69, 9.17) is 4.55 Å². The maximum Gasteiger partial charge on any atom is 0.217 e. The van der Waals surface area contributed by atoms with Crippen molar-refractivity contribution in [2.24, 2.45) is 0 Å². The number of hydrogen-bond acceptors (Lipinski definition) is 3. The van der Waals surface area contributed by atoms with Gasteiger partial charge in [-0.1, -0.05) is 0 Å². The Kier molecular flexibility index (Phi) is 3.02. The molecule has 0 saturated heterocycles. The maximum absolute atomic E-state index is 10.2. The van der Waals surface area contributed by atoms with Crippen molar-refractivity contribution in [1.29, 1.82) is 0 Å². The highest BCUT2D eigenvalue weighted by molar-refractivity contribution is 8.29. The van der Waals surface area contributed by atoms with Gasteiger partial charge in [-0.05, 0) is 0 Å². The first kappa shape index (κ1) is 8.80. The van der Waals surface area contributed by atoms with E-state index in [2.05, 4.69) is 16.5 Å². The van der Waals surface area contributed by atoms with Crippen LogP contribution in [0.1, 0.15) is 6.92 Å². The van der Waals surface area contributed by atoms with Gasteiger partial charge in [-0.25, -0.2) is 4.21 Å². The molecule has 54 valence electrons. The van der Waals surface area contributed by atoms with Crippen LogP contribution < -0.4 is 5.32 Å². The van der Waals surface area contributed by atoms with Crippen LogP contribution in [0.5, 0.6) is 0 Å². The number of carbonyl (C=O) groups excluding carboxylic acids is 1. The second-order valence-electron chi connectivity index (χ2n) is 1.46. The van der Waals surface area contributed by atoms with Crippen LogP contribution in [-0.4, -0.2) is 20.5 Å². The van der Waals surface area contributed by atoms with Crippen molar-refractivity contribution in [3.8, 4) is 0 Å². The highest BCUT2D eigenvalue weighted by Gasteiger charge is 1.98. The van der Waals surface area contributed by atoms with Crippen LogP contribution >= 0.6 is 0 Å². The summed E-state index contributed by atoms with van der Waals surface area (Å²) in [7, 11) is -3.22. The molecule has 1 unspecified atom stereocenters. The molecule has 9 heavy (non-hydrogen) atoms. The van der Waals surface area contributed by atoms with Gasteiger partial charge in [0.2, 0.25) is 5.91 Å². The summed E-state index contributed by atoms with van der Waals surface area (Å²) in [5, 5.41) is 2.12. The number of rotatable bonds is 2. The van der Waals surface area contributed by atoms with E-state index in [0.29, 0.717) is 0 Å². The molecule has 0 aromatic heterocycles. The van der Waals surface area contributed by atoms with Gasteiger partial charge in [-0.3, -0.25) is 4.79 Å². The van der Waals surface area contributed by atoms with Crippen molar-refractivity contribution in [2.45, 2.75) is 6.92 Å². The molecule has 2 N–H and O–H groups in total. The zero-order chi connectivity index (χ0) is 7.49. The minimum atomic E-state index is -3.22. The van der Waals surface area contributed by atoms with E-state index in [9.17, 15) is 9.00 Å². The van der Waals surface area contributed by atoms with Crippen molar-refractivity contribution in [3.63, 3.8) is 0 Å². The van der Waals surface area contributed by atoms with Crippen LogP contribution in [0.2, 0.25) is 0 Å². The van der Waals surface area contributed by atoms with Crippen LogP contribution in [0, 0.1) is 0 Å². The summed E-state index contributed by atoms with van der Waals surface area (Å²) in [6.07, 6.45) is 0. The molecule has 6 heteroatoms. The van der Waals surface area contributed by atoms with E-state index < -0.39 is 8.77 Å². The molecule has 0 aromatic rings. The fourth-order valence-electron chi connectivity index (χ4n) is 0.193. The smallest absolute Gasteiger partial charge is 0.217 e. The Balaban J connectivity index is 3.67. The molecule has 0 aliphatic carbocycles. The minimum Gasteiger partial charge on any atom is -0.342 e. The molecule has 0 fully saturated rings. The molecule has 0 bridgehead atoms. The molecule has 0 saturated carbocycles. The Morgan fingerprint density at radius 2 is 2.33 bits per heavy atom.